The van der Waals surface area contributed by atoms with Gasteiger partial charge in [0.05, 0.1) is 0 Å². The van der Waals surface area contributed by atoms with E-state index < -0.39 is 11.8 Å². The molecule has 17 heavy (non-hydrogen) atoms. The predicted octanol–water partition coefficient (Wildman–Crippen LogP) is 1.18. The summed E-state index contributed by atoms with van der Waals surface area (Å²) in [6.45, 7) is 0. The topological polar surface area (TPSA) is 86.2 Å². The zero-order valence-corrected chi connectivity index (χ0v) is 11.1. The Morgan fingerprint density at radius 1 is 1.18 bits per heavy atom. The van der Waals surface area contributed by atoms with Crippen LogP contribution in [0, 0.1) is 0 Å². The molecule has 0 radical (unpaired) electrons. The van der Waals surface area contributed by atoms with Gasteiger partial charge in [-0.05, 0) is 29.5 Å². The molecule has 4 nitrogen and oxygen atoms in total. The lowest BCUT2D eigenvalue weighted by atomic mass is 9.99. The first kappa shape index (κ1) is 13.9. The van der Waals surface area contributed by atoms with Crippen molar-refractivity contribution >= 4 is 36.2 Å². The second-order valence-corrected chi connectivity index (χ2v) is 4.67. The number of carbonyl (C=O) groups is 2. The molecule has 0 aliphatic carbocycles. The van der Waals surface area contributed by atoms with Crippen molar-refractivity contribution in [1.82, 2.24) is 0 Å². The number of benzene rings is 1. The van der Waals surface area contributed by atoms with E-state index in [2.05, 4.69) is 12.6 Å². The number of carbonyl (C=O) groups excluding carboxylic acids is 2. The summed E-state index contributed by atoms with van der Waals surface area (Å²) in [4.78, 5) is 22.6. The molecule has 0 aliphatic heterocycles. The van der Waals surface area contributed by atoms with Gasteiger partial charge in [-0.15, -0.1) is 0 Å². The number of nitrogens with two attached hydrogens (primary N) is 2. The molecule has 92 valence electrons. The third kappa shape index (κ3) is 3.17. The van der Waals surface area contributed by atoms with Gasteiger partial charge < -0.3 is 11.5 Å². The quantitative estimate of drug-likeness (QED) is 0.702. The van der Waals surface area contributed by atoms with E-state index in [0.29, 0.717) is 28.2 Å². The molecule has 1 aromatic carbocycles. The monoisotopic (exact) mass is 270 g/mol. The van der Waals surface area contributed by atoms with Gasteiger partial charge in [-0.2, -0.15) is 24.4 Å². The predicted molar refractivity (Wildman–Crippen MR) is 73.4 cm³/mol. The maximum atomic E-state index is 11.3. The summed E-state index contributed by atoms with van der Waals surface area (Å²) in [7, 11) is 0. The van der Waals surface area contributed by atoms with Gasteiger partial charge in [0, 0.05) is 22.6 Å². The highest BCUT2D eigenvalue weighted by Gasteiger charge is 2.15. The Hall–Kier alpha value is -1.14. The molecule has 0 aliphatic rings. The molecule has 1 aromatic rings. The highest BCUT2D eigenvalue weighted by molar-refractivity contribution is 7.97. The van der Waals surface area contributed by atoms with Crippen LogP contribution in [0.4, 0.5) is 0 Å². The van der Waals surface area contributed by atoms with Crippen molar-refractivity contribution in [2.45, 2.75) is 11.5 Å². The zero-order chi connectivity index (χ0) is 13.0. The highest BCUT2D eigenvalue weighted by atomic mass is 32.2. The molecule has 0 bridgehead atoms. The summed E-state index contributed by atoms with van der Waals surface area (Å²) in [6, 6.07) is 3.23. The number of amides is 2. The lowest BCUT2D eigenvalue weighted by molar-refractivity contribution is 0.0987. The Morgan fingerprint density at radius 2 is 1.65 bits per heavy atom. The van der Waals surface area contributed by atoms with E-state index >= 15 is 0 Å². The van der Waals surface area contributed by atoms with Gasteiger partial charge in [0.25, 0.3) is 0 Å². The minimum Gasteiger partial charge on any atom is -0.366 e. The van der Waals surface area contributed by atoms with E-state index in [1.807, 2.05) is 6.26 Å². The Morgan fingerprint density at radius 3 is 2.06 bits per heavy atom. The Balaban J connectivity index is 3.41. The van der Waals surface area contributed by atoms with Crippen molar-refractivity contribution in [1.29, 1.82) is 0 Å². The first-order chi connectivity index (χ1) is 8.01. The summed E-state index contributed by atoms with van der Waals surface area (Å²) in [5.41, 5.74) is 12.8. The first-order valence-electron chi connectivity index (χ1n) is 4.86. The van der Waals surface area contributed by atoms with Crippen LogP contribution < -0.4 is 11.5 Å². The molecular weight excluding hydrogens is 256 g/mol. The molecule has 0 saturated heterocycles. The lowest BCUT2D eigenvalue weighted by Crippen LogP contribution is -2.18. The molecule has 6 heteroatoms. The molecule has 0 aromatic heterocycles. The molecule has 0 saturated carbocycles. The van der Waals surface area contributed by atoms with Crippen LogP contribution in [-0.2, 0) is 11.5 Å². The van der Waals surface area contributed by atoms with Gasteiger partial charge in [0.1, 0.15) is 0 Å². The fourth-order valence-electron chi connectivity index (χ4n) is 1.55. The minimum absolute atomic E-state index is 0.331. The molecule has 0 fully saturated rings. The maximum absolute atomic E-state index is 11.3. The van der Waals surface area contributed by atoms with Crippen LogP contribution in [0.2, 0.25) is 0 Å². The van der Waals surface area contributed by atoms with E-state index in [-0.39, 0.29) is 0 Å². The number of hydrogen-bond acceptors (Lipinski definition) is 4. The van der Waals surface area contributed by atoms with Crippen molar-refractivity contribution in [2.75, 3.05) is 6.26 Å². The summed E-state index contributed by atoms with van der Waals surface area (Å²) in [6.07, 6.45) is 1.90. The normalized spacial score (nSPS) is 10.2. The van der Waals surface area contributed by atoms with Crippen LogP contribution in [0.15, 0.2) is 12.1 Å². The molecular formula is C11H14N2O2S2. The molecule has 1 rings (SSSR count). The fourth-order valence-corrected chi connectivity index (χ4v) is 2.37. The van der Waals surface area contributed by atoms with Gasteiger partial charge in [-0.1, -0.05) is 0 Å². The number of hydrogen-bond donors (Lipinski definition) is 3. The fraction of sp³-hybridized carbons (Fsp3) is 0.273. The molecule has 4 N–H and O–H groups in total. The minimum atomic E-state index is -0.521. The molecule has 0 atom stereocenters. The second-order valence-electron chi connectivity index (χ2n) is 3.49. The van der Waals surface area contributed by atoms with Crippen LogP contribution in [0.25, 0.3) is 0 Å². The molecule has 0 heterocycles. The summed E-state index contributed by atoms with van der Waals surface area (Å²) >= 11 is 5.65. The Bertz CT molecular complexity index is 461. The van der Waals surface area contributed by atoms with Crippen molar-refractivity contribution < 1.29 is 9.59 Å². The average molecular weight is 270 g/mol. The maximum Gasteiger partial charge on any atom is 0.249 e. The molecule has 0 unspecified atom stereocenters. The zero-order valence-electron chi connectivity index (χ0n) is 9.40. The SMILES string of the molecule is CSCc1cc(C(N)=O)c(CS)cc1C(N)=O. The third-order valence-corrected chi connectivity index (χ3v) is 3.27. The average Bonchev–Trinajstić information content (AvgIpc) is 2.28. The van der Waals surface area contributed by atoms with E-state index in [9.17, 15) is 9.59 Å². The van der Waals surface area contributed by atoms with E-state index in [1.54, 1.807) is 23.9 Å². The van der Waals surface area contributed by atoms with Gasteiger partial charge in [0.15, 0.2) is 0 Å². The summed E-state index contributed by atoms with van der Waals surface area (Å²) in [5, 5.41) is 0. The van der Waals surface area contributed by atoms with Gasteiger partial charge in [-0.25, -0.2) is 0 Å². The largest absolute Gasteiger partial charge is 0.366 e. The smallest absolute Gasteiger partial charge is 0.249 e. The highest BCUT2D eigenvalue weighted by Crippen LogP contribution is 2.21. The Kier molecular flexibility index (Phi) is 4.89. The standard InChI is InChI=1S/C11H14N2O2S2/c1-17-5-7-3-8(10(12)14)6(4-16)2-9(7)11(13)15/h2-3,16H,4-5H2,1H3,(H2,12,14)(H2,13,15). The van der Waals surface area contributed by atoms with E-state index in [1.165, 1.54) is 0 Å². The van der Waals surface area contributed by atoms with Crippen molar-refractivity contribution in [3.8, 4) is 0 Å². The number of primary amides is 2. The molecule has 2 amide bonds. The number of thioether (sulfide) groups is 1. The lowest BCUT2D eigenvalue weighted by Gasteiger charge is -2.11. The van der Waals surface area contributed by atoms with E-state index in [0.717, 1.165) is 5.56 Å². The van der Waals surface area contributed by atoms with Crippen molar-refractivity contribution in [2.24, 2.45) is 11.5 Å². The number of rotatable bonds is 5. The van der Waals surface area contributed by atoms with Gasteiger partial charge in [0.2, 0.25) is 11.8 Å². The van der Waals surface area contributed by atoms with Gasteiger partial charge in [-0.3, -0.25) is 9.59 Å². The Labute approximate surface area is 110 Å². The van der Waals surface area contributed by atoms with Gasteiger partial charge >= 0.3 is 0 Å². The van der Waals surface area contributed by atoms with Crippen LogP contribution in [0.3, 0.4) is 0 Å². The van der Waals surface area contributed by atoms with Crippen molar-refractivity contribution in [3.05, 3.63) is 34.4 Å². The van der Waals surface area contributed by atoms with Crippen LogP contribution in [0.5, 0.6) is 0 Å². The van der Waals surface area contributed by atoms with Crippen LogP contribution >= 0.6 is 24.4 Å². The molecule has 0 spiro atoms. The summed E-state index contributed by atoms with van der Waals surface area (Å²) in [5.74, 6) is -0.0933. The third-order valence-electron chi connectivity index (χ3n) is 2.33. The van der Waals surface area contributed by atoms with Crippen LogP contribution in [-0.4, -0.2) is 18.1 Å². The summed E-state index contributed by atoms with van der Waals surface area (Å²) < 4.78 is 0. The second kappa shape index (κ2) is 5.97. The van der Waals surface area contributed by atoms with Crippen molar-refractivity contribution in [3.63, 3.8) is 0 Å². The van der Waals surface area contributed by atoms with Crippen LogP contribution in [0.1, 0.15) is 31.8 Å². The first-order valence-corrected chi connectivity index (χ1v) is 6.89. The number of thiol groups is 1. The van der Waals surface area contributed by atoms with E-state index in [4.69, 9.17) is 11.5 Å².